The molecule has 1 fully saturated rings. The highest BCUT2D eigenvalue weighted by atomic mass is 16.5. The van der Waals surface area contributed by atoms with Crippen LogP contribution in [0.1, 0.15) is 64.7 Å². The summed E-state index contributed by atoms with van der Waals surface area (Å²) in [6, 6.07) is 21.5. The Bertz CT molecular complexity index is 1190. The van der Waals surface area contributed by atoms with E-state index in [1.165, 1.54) is 46.3 Å². The molecule has 1 saturated heterocycles. The van der Waals surface area contributed by atoms with Crippen LogP contribution in [0.25, 0.3) is 0 Å². The topological polar surface area (TPSA) is 49.8 Å². The molecule has 0 saturated carbocycles. The minimum absolute atomic E-state index is 0.0582. The Morgan fingerprint density at radius 3 is 2.41 bits per heavy atom. The van der Waals surface area contributed by atoms with E-state index < -0.39 is 0 Å². The monoisotopic (exact) mass is 453 g/mol. The molecule has 0 unspecified atom stereocenters. The lowest BCUT2D eigenvalue weighted by Gasteiger charge is -2.35. The van der Waals surface area contributed by atoms with Crippen LogP contribution in [-0.4, -0.2) is 24.5 Å². The fourth-order valence-electron chi connectivity index (χ4n) is 6.06. The lowest BCUT2D eigenvalue weighted by molar-refractivity contribution is -0.111. The number of aromatic hydroxyl groups is 1. The molecular weight excluding hydrogens is 422 g/mol. The molecule has 3 aromatic carbocycles. The molecule has 2 aliphatic heterocycles. The number of nitrogens with zero attached hydrogens (tertiary/aromatic N) is 1. The molecule has 4 nitrogen and oxygen atoms in total. The van der Waals surface area contributed by atoms with Crippen LogP contribution in [0.15, 0.2) is 60.7 Å². The zero-order valence-electron chi connectivity index (χ0n) is 19.5. The summed E-state index contributed by atoms with van der Waals surface area (Å²) in [6.07, 6.45) is 6.48. The maximum Gasteiger partial charge on any atom is 0.123 e. The minimum atomic E-state index is -0.0582. The zero-order chi connectivity index (χ0) is 23.1. The van der Waals surface area contributed by atoms with Crippen LogP contribution in [-0.2, 0) is 29.0 Å². The highest BCUT2D eigenvalue weighted by molar-refractivity contribution is 5.56. The Kier molecular flexibility index (Phi) is 5.62. The number of rotatable bonds is 4. The molecule has 34 heavy (non-hydrogen) atoms. The van der Waals surface area contributed by atoms with Gasteiger partial charge in [0.1, 0.15) is 12.0 Å². The van der Waals surface area contributed by atoms with Gasteiger partial charge >= 0.3 is 0 Å². The predicted octanol–water partition coefficient (Wildman–Crippen LogP) is 5.70. The van der Waals surface area contributed by atoms with Gasteiger partial charge in [0.15, 0.2) is 0 Å². The number of carbonyl (C=O) groups is 1. The van der Waals surface area contributed by atoms with E-state index in [1.807, 2.05) is 6.07 Å². The van der Waals surface area contributed by atoms with Crippen LogP contribution in [0.3, 0.4) is 0 Å². The van der Waals surface area contributed by atoms with Crippen LogP contribution >= 0.6 is 0 Å². The van der Waals surface area contributed by atoms with Crippen molar-refractivity contribution in [3.8, 4) is 5.75 Å². The van der Waals surface area contributed by atoms with Crippen LogP contribution in [0, 0.1) is 5.92 Å². The number of ether oxygens (including phenoxy) is 1. The van der Waals surface area contributed by atoms with Crippen molar-refractivity contribution in [2.24, 2.45) is 5.92 Å². The highest BCUT2D eigenvalue weighted by Gasteiger charge is 2.34. The van der Waals surface area contributed by atoms with Crippen LogP contribution < -0.4 is 4.90 Å². The molecule has 2 atom stereocenters. The van der Waals surface area contributed by atoms with E-state index in [-0.39, 0.29) is 23.7 Å². The van der Waals surface area contributed by atoms with Crippen molar-refractivity contribution in [3.63, 3.8) is 0 Å². The minimum Gasteiger partial charge on any atom is -0.508 e. The van der Waals surface area contributed by atoms with Gasteiger partial charge in [0.05, 0.1) is 12.7 Å². The summed E-state index contributed by atoms with van der Waals surface area (Å²) in [5.74, 6) is 0.556. The maximum absolute atomic E-state index is 11.1. The highest BCUT2D eigenvalue weighted by Crippen LogP contribution is 2.46. The lowest BCUT2D eigenvalue weighted by atomic mass is 9.79. The van der Waals surface area contributed by atoms with Gasteiger partial charge in [-0.3, -0.25) is 0 Å². The number of hydrogen-bond donors (Lipinski definition) is 1. The number of aryl methyl sites for hydroxylation is 2. The molecule has 0 spiro atoms. The van der Waals surface area contributed by atoms with E-state index >= 15 is 0 Å². The third-order valence-electron chi connectivity index (χ3n) is 7.98. The first kappa shape index (κ1) is 21.4. The average Bonchev–Trinajstić information content (AvgIpc) is 3.36. The van der Waals surface area contributed by atoms with Gasteiger partial charge in [-0.2, -0.15) is 0 Å². The maximum atomic E-state index is 11.1. The summed E-state index contributed by atoms with van der Waals surface area (Å²) in [6.45, 7) is 2.36. The molecule has 6 rings (SSSR count). The zero-order valence-corrected chi connectivity index (χ0v) is 19.5. The molecule has 0 radical (unpaired) electrons. The van der Waals surface area contributed by atoms with Gasteiger partial charge in [-0.05, 0) is 89.8 Å². The first-order valence-corrected chi connectivity index (χ1v) is 12.5. The second-order valence-corrected chi connectivity index (χ2v) is 10.0. The van der Waals surface area contributed by atoms with Crippen LogP contribution in [0.4, 0.5) is 5.69 Å². The first-order valence-electron chi connectivity index (χ1n) is 12.5. The molecule has 2 heterocycles. The second-order valence-electron chi connectivity index (χ2n) is 10.0. The summed E-state index contributed by atoms with van der Waals surface area (Å²) in [5, 5.41) is 10.1. The molecule has 4 heteroatoms. The van der Waals surface area contributed by atoms with E-state index in [2.05, 4.69) is 53.4 Å². The molecule has 1 aliphatic carbocycles. The number of aldehydes is 1. The van der Waals surface area contributed by atoms with E-state index in [4.69, 9.17) is 4.74 Å². The van der Waals surface area contributed by atoms with Gasteiger partial charge in [0.2, 0.25) is 0 Å². The summed E-state index contributed by atoms with van der Waals surface area (Å²) in [4.78, 5) is 13.5. The van der Waals surface area contributed by atoms with Crippen LogP contribution in [0.2, 0.25) is 0 Å². The average molecular weight is 454 g/mol. The summed E-state index contributed by atoms with van der Waals surface area (Å²) >= 11 is 0. The lowest BCUT2D eigenvalue weighted by Crippen LogP contribution is -2.34. The van der Waals surface area contributed by atoms with Crippen molar-refractivity contribution >= 4 is 12.0 Å². The Labute approximate surface area is 201 Å². The number of carbonyl (C=O) groups excluding carboxylic acids is 1. The van der Waals surface area contributed by atoms with Gasteiger partial charge in [0.25, 0.3) is 0 Å². The number of piperidine rings is 1. The Hall–Kier alpha value is -3.11. The van der Waals surface area contributed by atoms with Crippen molar-refractivity contribution in [1.29, 1.82) is 0 Å². The normalized spacial score (nSPS) is 22.3. The number of phenols is 1. The van der Waals surface area contributed by atoms with Gasteiger partial charge < -0.3 is 19.5 Å². The van der Waals surface area contributed by atoms with Crippen molar-refractivity contribution in [3.05, 3.63) is 94.0 Å². The third kappa shape index (κ3) is 3.90. The van der Waals surface area contributed by atoms with Gasteiger partial charge in [0, 0.05) is 30.6 Å². The fraction of sp³-hybridized carbons (Fsp3) is 0.367. The van der Waals surface area contributed by atoms with Crippen molar-refractivity contribution < 1.29 is 14.6 Å². The van der Waals surface area contributed by atoms with Gasteiger partial charge in [-0.15, -0.1) is 0 Å². The SMILES string of the molecule is O=CC1CCN(c2ccc([C@H]3c4ccc(O)cc4CO[C@H]3c3ccc4c(c3)CCC4)cc2)CC1. The van der Waals surface area contributed by atoms with Gasteiger partial charge in [-0.25, -0.2) is 0 Å². The fourth-order valence-corrected chi connectivity index (χ4v) is 6.06. The number of hydrogen-bond acceptors (Lipinski definition) is 4. The summed E-state index contributed by atoms with van der Waals surface area (Å²) in [5.41, 5.74) is 8.91. The number of phenolic OH excluding ortho intramolecular Hbond substituents is 1. The number of benzene rings is 3. The second kappa shape index (κ2) is 8.92. The Morgan fingerprint density at radius 1 is 0.853 bits per heavy atom. The van der Waals surface area contributed by atoms with Crippen LogP contribution in [0.5, 0.6) is 5.75 Å². The largest absolute Gasteiger partial charge is 0.508 e. The van der Waals surface area contributed by atoms with E-state index in [0.717, 1.165) is 44.2 Å². The van der Waals surface area contributed by atoms with E-state index in [1.54, 1.807) is 6.07 Å². The van der Waals surface area contributed by atoms with Gasteiger partial charge in [-0.1, -0.05) is 36.4 Å². The third-order valence-corrected chi connectivity index (χ3v) is 7.98. The smallest absolute Gasteiger partial charge is 0.123 e. The molecule has 0 amide bonds. The quantitative estimate of drug-likeness (QED) is 0.515. The summed E-state index contributed by atoms with van der Waals surface area (Å²) in [7, 11) is 0. The molecule has 1 N–H and O–H groups in total. The Balaban J connectivity index is 1.34. The molecular formula is C30H31NO3. The predicted molar refractivity (Wildman–Crippen MR) is 133 cm³/mol. The van der Waals surface area contributed by atoms with E-state index in [0.29, 0.717) is 6.61 Å². The number of fused-ring (bicyclic) bond motifs is 2. The standard InChI is InChI=1S/C30H31NO3/c32-18-20-12-14-31(15-13-20)26-8-6-22(7-9-26)29-28-11-10-27(33)17-25(28)19-34-30(29)24-5-4-21-2-1-3-23(21)16-24/h4-11,16-18,20,29-30,33H,1-3,12-15,19H2/t29-,30-/m0/s1. The van der Waals surface area contributed by atoms with Crippen molar-refractivity contribution in [2.75, 3.05) is 18.0 Å². The molecule has 0 bridgehead atoms. The molecule has 0 aromatic heterocycles. The molecule has 3 aliphatic rings. The van der Waals surface area contributed by atoms with Crippen molar-refractivity contribution in [1.82, 2.24) is 0 Å². The first-order chi connectivity index (χ1) is 16.7. The molecule has 3 aromatic rings. The molecule has 174 valence electrons. The summed E-state index contributed by atoms with van der Waals surface area (Å²) < 4.78 is 6.49. The number of anilines is 1. The van der Waals surface area contributed by atoms with E-state index in [9.17, 15) is 9.90 Å². The Morgan fingerprint density at radius 2 is 1.62 bits per heavy atom. The van der Waals surface area contributed by atoms with Crippen molar-refractivity contribution in [2.45, 2.75) is 50.7 Å².